The van der Waals surface area contributed by atoms with E-state index in [9.17, 15) is 29.1 Å². The minimum atomic E-state index is -1.71. The van der Waals surface area contributed by atoms with Crippen LogP contribution in [-0.2, 0) is 22.6 Å². The molecule has 0 spiro atoms. The summed E-state index contributed by atoms with van der Waals surface area (Å²) in [6.45, 7) is 0.510. The van der Waals surface area contributed by atoms with Crippen molar-refractivity contribution in [2.75, 3.05) is 17.2 Å². The largest absolute Gasteiger partial charge is 0.478 e. The van der Waals surface area contributed by atoms with Crippen LogP contribution in [0.5, 0.6) is 0 Å². The van der Waals surface area contributed by atoms with Gasteiger partial charge in [-0.2, -0.15) is 0 Å². The smallest absolute Gasteiger partial charge is 0.394 e. The van der Waals surface area contributed by atoms with Gasteiger partial charge in [0.1, 0.15) is 5.00 Å². The van der Waals surface area contributed by atoms with Crippen LogP contribution < -0.4 is 21.3 Å². The van der Waals surface area contributed by atoms with Crippen molar-refractivity contribution in [3.63, 3.8) is 0 Å². The minimum absolute atomic E-state index is 0.0316. The first-order valence-electron chi connectivity index (χ1n) is 11.1. The molecule has 0 fully saturated rings. The zero-order valence-electron chi connectivity index (χ0n) is 19.2. The van der Waals surface area contributed by atoms with E-state index in [1.54, 1.807) is 48.5 Å². The van der Waals surface area contributed by atoms with Crippen LogP contribution in [0.15, 0.2) is 54.6 Å². The number of hydrogen-bond acceptors (Lipinski definition) is 7. The Hall–Kier alpha value is -4.55. The van der Waals surface area contributed by atoms with E-state index in [1.807, 2.05) is 6.07 Å². The Balaban J connectivity index is 1.35. The third-order valence-electron chi connectivity index (χ3n) is 5.68. The Bertz CT molecular complexity index is 1370. The van der Waals surface area contributed by atoms with Gasteiger partial charge in [-0.1, -0.05) is 18.2 Å². The standard InChI is InChI=1S/C25H22N4O7S/c30-20(14-6-8-15(9-7-14)28-21(31)13-4-2-1-3-5-13)27-11-16-10-17-18(12-26-16)37-23(19(17)24(33)34)29-22(32)25(35)36/h1-9,16,26H,10-12H2,(H,27,30)(H,28,31)(H,29,32)(H,33,34)(H,35,36)/t16-/m0/s1. The molecule has 12 heteroatoms. The van der Waals surface area contributed by atoms with Gasteiger partial charge in [0, 0.05) is 40.8 Å². The summed E-state index contributed by atoms with van der Waals surface area (Å²) >= 11 is 1.01. The first-order valence-corrected chi connectivity index (χ1v) is 11.9. The highest BCUT2D eigenvalue weighted by Crippen LogP contribution is 2.36. The zero-order valence-corrected chi connectivity index (χ0v) is 20.1. The van der Waals surface area contributed by atoms with Gasteiger partial charge in [0.2, 0.25) is 0 Å². The van der Waals surface area contributed by atoms with Gasteiger partial charge < -0.3 is 31.5 Å². The van der Waals surface area contributed by atoms with Crippen LogP contribution in [0.25, 0.3) is 0 Å². The molecule has 1 atom stereocenters. The van der Waals surface area contributed by atoms with Crippen LogP contribution in [-0.4, -0.2) is 52.5 Å². The molecule has 6 N–H and O–H groups in total. The van der Waals surface area contributed by atoms with Gasteiger partial charge >= 0.3 is 17.8 Å². The highest BCUT2D eigenvalue weighted by molar-refractivity contribution is 7.17. The van der Waals surface area contributed by atoms with Crippen LogP contribution in [0.1, 0.15) is 41.5 Å². The van der Waals surface area contributed by atoms with E-state index < -0.39 is 17.8 Å². The average molecular weight is 523 g/mol. The second kappa shape index (κ2) is 11.0. The Morgan fingerprint density at radius 2 is 1.57 bits per heavy atom. The Kier molecular flexibility index (Phi) is 7.60. The van der Waals surface area contributed by atoms with Crippen molar-refractivity contribution in [1.29, 1.82) is 0 Å². The fourth-order valence-electron chi connectivity index (χ4n) is 3.86. The number of rotatable bonds is 7. The second-order valence-corrected chi connectivity index (χ2v) is 9.27. The molecule has 190 valence electrons. The summed E-state index contributed by atoms with van der Waals surface area (Å²) in [7, 11) is 0. The first-order chi connectivity index (χ1) is 17.7. The molecule has 1 aliphatic heterocycles. The molecule has 4 rings (SSSR count). The third-order valence-corrected chi connectivity index (χ3v) is 6.83. The predicted octanol–water partition coefficient (Wildman–Crippen LogP) is 2.17. The molecule has 1 aromatic heterocycles. The van der Waals surface area contributed by atoms with E-state index in [-0.39, 0.29) is 41.4 Å². The van der Waals surface area contributed by atoms with E-state index in [4.69, 9.17) is 5.11 Å². The fourth-order valence-corrected chi connectivity index (χ4v) is 5.02. The van der Waals surface area contributed by atoms with Crippen molar-refractivity contribution < 1.29 is 34.2 Å². The Morgan fingerprint density at radius 1 is 0.892 bits per heavy atom. The number of carboxylic acids is 2. The molecular weight excluding hydrogens is 500 g/mol. The van der Waals surface area contributed by atoms with E-state index in [0.717, 1.165) is 11.3 Å². The molecule has 0 saturated carbocycles. The van der Waals surface area contributed by atoms with Crippen LogP contribution >= 0.6 is 11.3 Å². The maximum absolute atomic E-state index is 12.6. The average Bonchev–Trinajstić information content (AvgIpc) is 3.25. The van der Waals surface area contributed by atoms with Gasteiger partial charge in [0.05, 0.1) is 5.56 Å². The third kappa shape index (κ3) is 6.00. The van der Waals surface area contributed by atoms with E-state index >= 15 is 0 Å². The summed E-state index contributed by atoms with van der Waals surface area (Å²) in [5, 5.41) is 29.3. The molecule has 0 bridgehead atoms. The van der Waals surface area contributed by atoms with E-state index in [2.05, 4.69) is 21.3 Å². The topological polar surface area (TPSA) is 174 Å². The van der Waals surface area contributed by atoms with Crippen molar-refractivity contribution in [3.05, 3.63) is 81.7 Å². The quantitative estimate of drug-likeness (QED) is 0.256. The summed E-state index contributed by atoms with van der Waals surface area (Å²) in [6.07, 6.45) is 0.265. The number of carboxylic acid groups (broad SMARTS) is 2. The van der Waals surface area contributed by atoms with E-state index in [0.29, 0.717) is 33.8 Å². The summed E-state index contributed by atoms with van der Waals surface area (Å²) in [4.78, 5) is 59.8. The van der Waals surface area contributed by atoms with E-state index in [1.165, 1.54) is 0 Å². The molecule has 0 unspecified atom stereocenters. The number of carbonyl (C=O) groups is 5. The maximum Gasteiger partial charge on any atom is 0.394 e. The molecular formula is C25H22N4O7S. The van der Waals surface area contributed by atoms with Crippen LogP contribution in [0.2, 0.25) is 0 Å². The SMILES string of the molecule is O=C(O)C(=O)Nc1sc2c(c1C(=O)O)C[C@@H](CNC(=O)c1ccc(NC(=O)c3ccccc3)cc1)NC2. The molecule has 0 radical (unpaired) electrons. The lowest BCUT2D eigenvalue weighted by atomic mass is 9.98. The van der Waals surface area contributed by atoms with Gasteiger partial charge in [-0.15, -0.1) is 11.3 Å². The first kappa shape index (κ1) is 25.5. The number of nitrogens with one attached hydrogen (secondary N) is 4. The summed E-state index contributed by atoms with van der Waals surface area (Å²) in [6, 6.07) is 14.9. The van der Waals surface area contributed by atoms with Crippen molar-refractivity contribution in [3.8, 4) is 0 Å². The normalized spacial score (nSPS) is 14.2. The lowest BCUT2D eigenvalue weighted by molar-refractivity contribution is -0.147. The van der Waals surface area contributed by atoms with Gasteiger partial charge in [0.15, 0.2) is 0 Å². The fraction of sp³-hybridized carbons (Fsp3) is 0.160. The number of aromatic carboxylic acids is 1. The Morgan fingerprint density at radius 3 is 2.22 bits per heavy atom. The molecule has 0 saturated heterocycles. The monoisotopic (exact) mass is 522 g/mol. The summed E-state index contributed by atoms with van der Waals surface area (Å²) in [5.74, 6) is -4.91. The van der Waals surface area contributed by atoms with Crippen molar-refractivity contribution in [1.82, 2.24) is 10.6 Å². The molecule has 2 heterocycles. The van der Waals surface area contributed by atoms with Gasteiger partial charge in [-0.25, -0.2) is 9.59 Å². The lowest BCUT2D eigenvalue weighted by Crippen LogP contribution is -2.44. The molecule has 2 aromatic carbocycles. The van der Waals surface area contributed by atoms with Crippen molar-refractivity contribution in [2.45, 2.75) is 19.0 Å². The number of carbonyl (C=O) groups excluding carboxylic acids is 3. The Labute approximate surface area is 214 Å². The zero-order chi connectivity index (χ0) is 26.5. The highest BCUT2D eigenvalue weighted by atomic mass is 32.1. The van der Waals surface area contributed by atoms with Gasteiger partial charge in [-0.05, 0) is 48.4 Å². The van der Waals surface area contributed by atoms with Crippen LogP contribution in [0.4, 0.5) is 10.7 Å². The van der Waals surface area contributed by atoms with Crippen molar-refractivity contribution >= 4 is 51.7 Å². The molecule has 3 amide bonds. The molecule has 37 heavy (non-hydrogen) atoms. The molecule has 1 aliphatic rings. The number of fused-ring (bicyclic) bond motifs is 1. The van der Waals surface area contributed by atoms with Gasteiger partial charge in [-0.3, -0.25) is 14.4 Å². The number of aliphatic carboxylic acids is 1. The van der Waals surface area contributed by atoms with Crippen molar-refractivity contribution in [2.24, 2.45) is 0 Å². The lowest BCUT2D eigenvalue weighted by Gasteiger charge is -2.24. The maximum atomic E-state index is 12.6. The molecule has 0 aliphatic carbocycles. The van der Waals surface area contributed by atoms with Crippen LogP contribution in [0.3, 0.4) is 0 Å². The summed E-state index contributed by atoms with van der Waals surface area (Å²) in [5.41, 5.74) is 1.79. The number of benzene rings is 2. The number of amides is 3. The highest BCUT2D eigenvalue weighted by Gasteiger charge is 2.30. The van der Waals surface area contributed by atoms with Crippen LogP contribution in [0, 0.1) is 0 Å². The number of hydrogen-bond donors (Lipinski definition) is 6. The second-order valence-electron chi connectivity index (χ2n) is 8.16. The summed E-state index contributed by atoms with van der Waals surface area (Å²) < 4.78 is 0. The molecule has 11 nitrogen and oxygen atoms in total. The number of anilines is 2. The predicted molar refractivity (Wildman–Crippen MR) is 135 cm³/mol. The van der Waals surface area contributed by atoms with Gasteiger partial charge in [0.25, 0.3) is 11.8 Å². The molecule has 3 aromatic rings. The number of thiophene rings is 1. The minimum Gasteiger partial charge on any atom is -0.478 e.